The highest BCUT2D eigenvalue weighted by atomic mass is 16.6. The van der Waals surface area contributed by atoms with E-state index in [0.717, 1.165) is 12.8 Å². The van der Waals surface area contributed by atoms with Gasteiger partial charge < -0.3 is 15.4 Å². The highest BCUT2D eigenvalue weighted by Gasteiger charge is 2.27. The van der Waals surface area contributed by atoms with E-state index in [1.807, 2.05) is 12.1 Å². The number of nitrogens with one attached hydrogen (secondary N) is 1. The molecular weight excluding hydrogens is 244 g/mol. The lowest BCUT2D eigenvalue weighted by Gasteiger charge is -2.14. The molecule has 1 aromatic heterocycles. The summed E-state index contributed by atoms with van der Waals surface area (Å²) in [6.07, 6.45) is 3.41. The number of anilines is 1. The van der Waals surface area contributed by atoms with Crippen molar-refractivity contribution in [2.45, 2.75) is 18.9 Å². The monoisotopic (exact) mass is 258 g/mol. The topological polar surface area (TPSA) is 73.0 Å². The molecule has 0 amide bonds. The summed E-state index contributed by atoms with van der Waals surface area (Å²) in [7, 11) is 1.75. The number of nitro groups is 1. The van der Waals surface area contributed by atoms with Crippen LogP contribution < -0.4 is 5.32 Å². The van der Waals surface area contributed by atoms with Crippen molar-refractivity contribution in [1.29, 1.82) is 0 Å². The van der Waals surface area contributed by atoms with Crippen molar-refractivity contribution in [2.24, 2.45) is 7.05 Å². The number of benzene rings is 1. The van der Waals surface area contributed by atoms with Crippen LogP contribution in [-0.4, -0.2) is 14.5 Å². The minimum absolute atomic E-state index is 0.116. The quantitative estimate of drug-likeness (QED) is 0.677. The van der Waals surface area contributed by atoms with E-state index in [9.17, 15) is 10.1 Å². The van der Waals surface area contributed by atoms with Crippen molar-refractivity contribution in [3.05, 3.63) is 51.8 Å². The first-order chi connectivity index (χ1) is 9.16. The average Bonchev–Trinajstić information content (AvgIpc) is 2.96. The first-order valence-electron chi connectivity index (χ1n) is 6.17. The van der Waals surface area contributed by atoms with Crippen LogP contribution in [0.25, 0.3) is 0 Å². The van der Waals surface area contributed by atoms with E-state index in [4.69, 9.17) is 0 Å². The zero-order valence-electron chi connectivity index (χ0n) is 10.5. The molecule has 98 valence electrons. The van der Waals surface area contributed by atoms with Gasteiger partial charge in [0.05, 0.1) is 6.04 Å². The summed E-state index contributed by atoms with van der Waals surface area (Å²) in [6.45, 7) is 0. The van der Waals surface area contributed by atoms with Crippen LogP contribution in [0.3, 0.4) is 0 Å². The predicted octanol–water partition coefficient (Wildman–Crippen LogP) is 2.43. The maximum atomic E-state index is 10.9. The van der Waals surface area contributed by atoms with Gasteiger partial charge in [-0.3, -0.25) is 4.57 Å². The van der Waals surface area contributed by atoms with Crippen LogP contribution in [0.15, 0.2) is 30.6 Å². The Morgan fingerprint density at radius 1 is 1.47 bits per heavy atom. The first kappa shape index (κ1) is 11.7. The highest BCUT2D eigenvalue weighted by Crippen LogP contribution is 2.35. The molecule has 0 fully saturated rings. The minimum atomic E-state index is -0.455. The number of fused-ring (bicyclic) bond motifs is 1. The Morgan fingerprint density at radius 3 is 3.05 bits per heavy atom. The van der Waals surface area contributed by atoms with Crippen LogP contribution in [0, 0.1) is 10.1 Å². The Balaban J connectivity index is 1.91. The van der Waals surface area contributed by atoms with Gasteiger partial charge in [-0.2, -0.15) is 0 Å². The summed E-state index contributed by atoms with van der Waals surface area (Å²) in [5.41, 5.74) is 2.53. The van der Waals surface area contributed by atoms with Gasteiger partial charge in [0.25, 0.3) is 0 Å². The lowest BCUT2D eigenvalue weighted by atomic mass is 10.1. The third-order valence-electron chi connectivity index (χ3n) is 3.53. The van der Waals surface area contributed by atoms with Crippen molar-refractivity contribution in [2.75, 3.05) is 5.32 Å². The summed E-state index contributed by atoms with van der Waals surface area (Å²) < 4.78 is 1.65. The summed E-state index contributed by atoms with van der Waals surface area (Å²) >= 11 is 0. The molecule has 0 saturated heterocycles. The molecule has 1 aromatic carbocycles. The fraction of sp³-hybridized carbons (Fsp3) is 0.308. The Labute approximate surface area is 110 Å². The van der Waals surface area contributed by atoms with E-state index in [1.165, 1.54) is 17.5 Å². The maximum Gasteiger partial charge on any atom is 0.406 e. The molecule has 3 rings (SSSR count). The SMILES string of the molecule is Cn1cnc([N+](=O)[O-])c1NC1CCc2ccccc21. The summed E-state index contributed by atoms with van der Waals surface area (Å²) in [5, 5.41) is 14.2. The van der Waals surface area contributed by atoms with E-state index < -0.39 is 4.92 Å². The van der Waals surface area contributed by atoms with Crippen molar-refractivity contribution in [3.8, 4) is 0 Å². The average molecular weight is 258 g/mol. The van der Waals surface area contributed by atoms with E-state index in [1.54, 1.807) is 11.6 Å². The molecule has 0 aliphatic heterocycles. The molecule has 1 N–H and O–H groups in total. The van der Waals surface area contributed by atoms with Crippen LogP contribution in [-0.2, 0) is 13.5 Å². The van der Waals surface area contributed by atoms with Gasteiger partial charge in [0.2, 0.25) is 12.1 Å². The number of hydrogen-bond acceptors (Lipinski definition) is 4. The number of nitrogens with zero attached hydrogens (tertiary/aromatic N) is 3. The van der Waals surface area contributed by atoms with Crippen molar-refractivity contribution in [1.82, 2.24) is 9.55 Å². The van der Waals surface area contributed by atoms with Gasteiger partial charge in [-0.15, -0.1) is 0 Å². The standard InChI is InChI=1S/C13H14N4O2/c1-16-8-14-12(17(18)19)13(16)15-11-7-6-9-4-2-3-5-10(9)11/h2-5,8,11,15H,6-7H2,1H3. The zero-order valence-corrected chi connectivity index (χ0v) is 10.5. The van der Waals surface area contributed by atoms with Gasteiger partial charge >= 0.3 is 5.82 Å². The Morgan fingerprint density at radius 2 is 2.26 bits per heavy atom. The molecule has 0 bridgehead atoms. The van der Waals surface area contributed by atoms with Gasteiger partial charge in [-0.25, -0.2) is 0 Å². The molecule has 1 aliphatic carbocycles. The van der Waals surface area contributed by atoms with Crippen LogP contribution >= 0.6 is 0 Å². The maximum absolute atomic E-state index is 10.9. The third-order valence-corrected chi connectivity index (χ3v) is 3.53. The smallest absolute Gasteiger partial charge is 0.358 e. The van der Waals surface area contributed by atoms with Crippen LogP contribution in [0.5, 0.6) is 0 Å². The molecule has 6 nitrogen and oxygen atoms in total. The Kier molecular flexibility index (Phi) is 2.70. The molecule has 2 aromatic rings. The number of aryl methyl sites for hydroxylation is 2. The molecule has 1 aliphatic rings. The number of hydrogen-bond donors (Lipinski definition) is 1. The number of imidazole rings is 1. The van der Waals surface area contributed by atoms with Gasteiger partial charge in [-0.1, -0.05) is 24.3 Å². The van der Waals surface area contributed by atoms with Gasteiger partial charge in [-0.05, 0) is 33.9 Å². The van der Waals surface area contributed by atoms with Gasteiger partial charge in [0.1, 0.15) is 0 Å². The van der Waals surface area contributed by atoms with E-state index in [2.05, 4.69) is 22.4 Å². The Hall–Kier alpha value is -2.37. The number of aromatic nitrogens is 2. The largest absolute Gasteiger partial charge is 0.406 e. The molecule has 0 radical (unpaired) electrons. The minimum Gasteiger partial charge on any atom is -0.358 e. The molecule has 6 heteroatoms. The molecule has 0 spiro atoms. The second kappa shape index (κ2) is 4.38. The second-order valence-corrected chi connectivity index (χ2v) is 4.72. The first-order valence-corrected chi connectivity index (χ1v) is 6.17. The molecule has 1 heterocycles. The van der Waals surface area contributed by atoms with Crippen LogP contribution in [0.1, 0.15) is 23.6 Å². The predicted molar refractivity (Wildman–Crippen MR) is 71.0 cm³/mol. The molecule has 19 heavy (non-hydrogen) atoms. The zero-order chi connectivity index (χ0) is 13.4. The second-order valence-electron chi connectivity index (χ2n) is 4.72. The summed E-state index contributed by atoms with van der Waals surface area (Å²) in [6, 6.07) is 8.31. The Bertz CT molecular complexity index is 635. The lowest BCUT2D eigenvalue weighted by Crippen LogP contribution is -2.11. The van der Waals surface area contributed by atoms with Crippen molar-refractivity contribution >= 4 is 11.6 Å². The van der Waals surface area contributed by atoms with Crippen LogP contribution in [0.2, 0.25) is 0 Å². The van der Waals surface area contributed by atoms with E-state index in [0.29, 0.717) is 5.82 Å². The molecule has 1 atom stereocenters. The fourth-order valence-electron chi connectivity index (χ4n) is 2.59. The van der Waals surface area contributed by atoms with E-state index >= 15 is 0 Å². The molecule has 1 unspecified atom stereocenters. The van der Waals surface area contributed by atoms with E-state index in [-0.39, 0.29) is 11.9 Å². The molecule has 0 saturated carbocycles. The summed E-state index contributed by atoms with van der Waals surface area (Å²) in [5.74, 6) is 0.346. The van der Waals surface area contributed by atoms with Gasteiger partial charge in [0, 0.05) is 7.05 Å². The fourth-order valence-corrected chi connectivity index (χ4v) is 2.59. The highest BCUT2D eigenvalue weighted by molar-refractivity contribution is 5.54. The van der Waals surface area contributed by atoms with Gasteiger partial charge in [0.15, 0.2) is 0 Å². The van der Waals surface area contributed by atoms with Crippen molar-refractivity contribution in [3.63, 3.8) is 0 Å². The van der Waals surface area contributed by atoms with Crippen LogP contribution in [0.4, 0.5) is 11.6 Å². The number of rotatable bonds is 3. The lowest BCUT2D eigenvalue weighted by molar-refractivity contribution is -0.388. The third kappa shape index (κ3) is 1.95. The van der Waals surface area contributed by atoms with Crippen molar-refractivity contribution < 1.29 is 4.92 Å². The summed E-state index contributed by atoms with van der Waals surface area (Å²) in [4.78, 5) is 14.3. The normalized spacial score (nSPS) is 17.2. The molecular formula is C13H14N4O2.